The van der Waals surface area contributed by atoms with Gasteiger partial charge in [0.15, 0.2) is 0 Å². The van der Waals surface area contributed by atoms with E-state index in [1.807, 2.05) is 6.07 Å². The van der Waals surface area contributed by atoms with Crippen molar-refractivity contribution in [2.24, 2.45) is 0 Å². The number of nitrogens with zero attached hydrogens (tertiary/aromatic N) is 1. The average molecular weight is 111 g/mol. The summed E-state index contributed by atoms with van der Waals surface area (Å²) >= 11 is 0. The molecule has 0 amide bonds. The topological polar surface area (TPSA) is 44.0 Å². The van der Waals surface area contributed by atoms with Gasteiger partial charge in [-0.15, -0.1) is 0 Å². The molecular weight excluding hydrogens is 102 g/mol. The second-order valence-electron chi connectivity index (χ2n) is 1.40. The van der Waals surface area contributed by atoms with E-state index in [1.54, 1.807) is 6.08 Å². The third-order valence-electron chi connectivity index (χ3n) is 0.721. The molecule has 0 aliphatic rings. The van der Waals surface area contributed by atoms with Gasteiger partial charge in [0.1, 0.15) is 0 Å². The van der Waals surface area contributed by atoms with Crippen LogP contribution in [0.25, 0.3) is 0 Å². The first-order chi connectivity index (χ1) is 3.91. The van der Waals surface area contributed by atoms with Gasteiger partial charge in [0.05, 0.1) is 6.07 Å². The molecule has 0 rings (SSSR count). The molecule has 0 saturated carbocycles. The van der Waals surface area contributed by atoms with Crippen molar-refractivity contribution in [1.29, 1.82) is 5.26 Å². The molecule has 0 unspecified atom stereocenters. The molecule has 0 spiro atoms. The van der Waals surface area contributed by atoms with E-state index in [4.69, 9.17) is 10.4 Å². The number of hydrogen-bond acceptors (Lipinski definition) is 2. The Bertz CT molecular complexity index is 102. The predicted octanol–water partition coefficient (Wildman–Crippen LogP) is 0.839. The summed E-state index contributed by atoms with van der Waals surface area (Å²) in [4.78, 5) is 0. The van der Waals surface area contributed by atoms with Crippen LogP contribution in [-0.2, 0) is 0 Å². The van der Waals surface area contributed by atoms with E-state index >= 15 is 0 Å². The highest BCUT2D eigenvalue weighted by atomic mass is 16.2. The number of allylic oxidation sites excluding steroid dienone is 2. The van der Waals surface area contributed by atoms with Gasteiger partial charge < -0.3 is 5.11 Å². The minimum atomic E-state index is 0.204. The van der Waals surface area contributed by atoms with Gasteiger partial charge in [-0.25, -0.2) is 0 Å². The molecular formula is C6H9NO. The Kier molecular flexibility index (Phi) is 5.56. The van der Waals surface area contributed by atoms with Gasteiger partial charge in [0.2, 0.25) is 0 Å². The second kappa shape index (κ2) is 6.19. The van der Waals surface area contributed by atoms with Crippen LogP contribution in [0.4, 0.5) is 0 Å². The third-order valence-corrected chi connectivity index (χ3v) is 0.721. The van der Waals surface area contributed by atoms with Crippen molar-refractivity contribution in [3.05, 3.63) is 12.2 Å². The van der Waals surface area contributed by atoms with Crippen LogP contribution in [0.3, 0.4) is 0 Å². The molecule has 0 saturated heterocycles. The van der Waals surface area contributed by atoms with Gasteiger partial charge in [-0.3, -0.25) is 0 Å². The molecule has 0 aromatic carbocycles. The van der Waals surface area contributed by atoms with Gasteiger partial charge in [0, 0.05) is 12.7 Å². The van der Waals surface area contributed by atoms with E-state index in [2.05, 4.69) is 0 Å². The smallest absolute Gasteiger partial charge is 0.0908 e. The maximum absolute atomic E-state index is 8.25. The van der Waals surface area contributed by atoms with Crippen molar-refractivity contribution >= 4 is 0 Å². The number of rotatable bonds is 3. The third kappa shape index (κ3) is 5.19. The highest BCUT2D eigenvalue weighted by Gasteiger charge is 1.75. The first-order valence-electron chi connectivity index (χ1n) is 2.57. The van der Waals surface area contributed by atoms with Gasteiger partial charge >= 0.3 is 0 Å². The molecule has 0 radical (unpaired) electrons. The number of unbranched alkanes of at least 4 members (excludes halogenated alkanes) is 1. The minimum Gasteiger partial charge on any atom is -0.396 e. The molecule has 0 atom stereocenters. The van der Waals surface area contributed by atoms with E-state index in [0.29, 0.717) is 0 Å². The second-order valence-corrected chi connectivity index (χ2v) is 1.40. The van der Waals surface area contributed by atoms with Crippen LogP contribution in [0, 0.1) is 11.3 Å². The minimum absolute atomic E-state index is 0.204. The fraction of sp³-hybridized carbons (Fsp3) is 0.500. The van der Waals surface area contributed by atoms with E-state index in [1.165, 1.54) is 6.08 Å². The number of nitriles is 1. The summed E-state index contributed by atoms with van der Waals surface area (Å²) in [6, 6.07) is 1.86. The Morgan fingerprint density at radius 1 is 1.62 bits per heavy atom. The molecule has 0 fully saturated rings. The maximum atomic E-state index is 8.25. The highest BCUT2D eigenvalue weighted by Crippen LogP contribution is 1.86. The van der Waals surface area contributed by atoms with Crippen molar-refractivity contribution in [2.75, 3.05) is 6.61 Å². The largest absolute Gasteiger partial charge is 0.396 e. The fourth-order valence-electron chi connectivity index (χ4n) is 0.345. The van der Waals surface area contributed by atoms with Crippen LogP contribution in [0.2, 0.25) is 0 Å². The monoisotopic (exact) mass is 111 g/mol. The molecule has 1 N–H and O–H groups in total. The van der Waals surface area contributed by atoms with Gasteiger partial charge in [-0.05, 0) is 12.8 Å². The first-order valence-corrected chi connectivity index (χ1v) is 2.57. The summed E-state index contributed by atoms with van der Waals surface area (Å²) in [5, 5.41) is 16.2. The number of aliphatic hydroxyl groups is 1. The molecule has 0 bridgehead atoms. The van der Waals surface area contributed by atoms with Crippen LogP contribution in [-0.4, -0.2) is 11.7 Å². The summed E-state index contributed by atoms with van der Waals surface area (Å²) in [5.74, 6) is 0. The van der Waals surface area contributed by atoms with Crippen LogP contribution in [0.5, 0.6) is 0 Å². The summed E-state index contributed by atoms with van der Waals surface area (Å²) in [6.07, 6.45) is 4.72. The molecule has 0 heterocycles. The van der Waals surface area contributed by atoms with Crippen molar-refractivity contribution < 1.29 is 5.11 Å². The van der Waals surface area contributed by atoms with Crippen LogP contribution < -0.4 is 0 Å². The van der Waals surface area contributed by atoms with Crippen LogP contribution in [0.15, 0.2) is 12.2 Å². The predicted molar refractivity (Wildman–Crippen MR) is 31.1 cm³/mol. The van der Waals surface area contributed by atoms with E-state index in [0.717, 1.165) is 12.8 Å². The summed E-state index contributed by atoms with van der Waals surface area (Å²) in [5.41, 5.74) is 0. The zero-order valence-electron chi connectivity index (χ0n) is 4.67. The Labute approximate surface area is 49.1 Å². The summed E-state index contributed by atoms with van der Waals surface area (Å²) in [7, 11) is 0. The lowest BCUT2D eigenvalue weighted by Gasteiger charge is -1.83. The summed E-state index contributed by atoms with van der Waals surface area (Å²) in [6.45, 7) is 0.204. The Morgan fingerprint density at radius 3 is 2.88 bits per heavy atom. The lowest BCUT2D eigenvalue weighted by atomic mass is 10.3. The van der Waals surface area contributed by atoms with Crippen molar-refractivity contribution in [3.63, 3.8) is 0 Å². The standard InChI is InChI=1S/C6H9NO/c7-5-3-1-2-4-6-8/h1,3,8H,2,4,6H2/b3-1-. The Balaban J connectivity index is 2.94. The highest BCUT2D eigenvalue weighted by molar-refractivity contribution is 5.01. The van der Waals surface area contributed by atoms with E-state index in [9.17, 15) is 0 Å². The van der Waals surface area contributed by atoms with E-state index < -0.39 is 0 Å². The molecule has 2 nitrogen and oxygen atoms in total. The molecule has 0 aliphatic carbocycles. The molecule has 2 heteroatoms. The zero-order valence-corrected chi connectivity index (χ0v) is 4.67. The zero-order chi connectivity index (χ0) is 6.24. The SMILES string of the molecule is N#C/C=C\CCCO. The Hall–Kier alpha value is -0.810. The first kappa shape index (κ1) is 7.19. The van der Waals surface area contributed by atoms with Gasteiger partial charge in [-0.1, -0.05) is 6.08 Å². The molecule has 0 aromatic heterocycles. The normalized spacial score (nSPS) is 9.50. The molecule has 8 heavy (non-hydrogen) atoms. The average Bonchev–Trinajstić information content (AvgIpc) is 1.81. The number of aliphatic hydroxyl groups excluding tert-OH is 1. The van der Waals surface area contributed by atoms with Crippen molar-refractivity contribution in [2.45, 2.75) is 12.8 Å². The maximum Gasteiger partial charge on any atom is 0.0908 e. The summed E-state index contributed by atoms with van der Waals surface area (Å²) < 4.78 is 0. The van der Waals surface area contributed by atoms with E-state index in [-0.39, 0.29) is 6.61 Å². The molecule has 44 valence electrons. The molecule has 0 aromatic rings. The molecule has 0 aliphatic heterocycles. The quantitative estimate of drug-likeness (QED) is 0.433. The number of hydrogen-bond donors (Lipinski definition) is 1. The fourth-order valence-corrected chi connectivity index (χ4v) is 0.345. The van der Waals surface area contributed by atoms with Crippen LogP contribution >= 0.6 is 0 Å². The lowest BCUT2D eigenvalue weighted by molar-refractivity contribution is 0.289. The van der Waals surface area contributed by atoms with Crippen LogP contribution in [0.1, 0.15) is 12.8 Å². The lowest BCUT2D eigenvalue weighted by Crippen LogP contribution is -1.77. The van der Waals surface area contributed by atoms with Crippen molar-refractivity contribution in [3.8, 4) is 6.07 Å². The Morgan fingerprint density at radius 2 is 2.38 bits per heavy atom. The van der Waals surface area contributed by atoms with Crippen molar-refractivity contribution in [1.82, 2.24) is 0 Å². The van der Waals surface area contributed by atoms with Gasteiger partial charge in [0.25, 0.3) is 0 Å². The van der Waals surface area contributed by atoms with Gasteiger partial charge in [-0.2, -0.15) is 5.26 Å².